The molecule has 1 aliphatic rings. The van der Waals surface area contributed by atoms with Crippen LogP contribution in [-0.4, -0.2) is 55.0 Å². The fraction of sp³-hybridized carbons (Fsp3) is 0.381. The predicted octanol–water partition coefficient (Wildman–Crippen LogP) is 2.86. The average Bonchev–Trinajstić information content (AvgIpc) is 2.69. The third kappa shape index (κ3) is 4.83. The van der Waals surface area contributed by atoms with Crippen molar-refractivity contribution in [2.75, 3.05) is 44.2 Å². The maximum atomic E-state index is 12.7. The Kier molecular flexibility index (Phi) is 6.07. The van der Waals surface area contributed by atoms with Crippen LogP contribution in [-0.2, 0) is 11.3 Å². The number of rotatable bonds is 6. The number of hydrogen-bond donors (Lipinski definition) is 0. The Morgan fingerprint density at radius 3 is 2.12 bits per heavy atom. The predicted molar refractivity (Wildman–Crippen MR) is 103 cm³/mol. The SMILES string of the molecule is CCN(CC(=O)N1CCN(c2ccccc2)CC1)Cc1ccccc1. The molecule has 1 aliphatic heterocycles. The molecule has 1 amide bonds. The second kappa shape index (κ2) is 8.67. The molecule has 132 valence electrons. The van der Waals surface area contributed by atoms with E-state index in [-0.39, 0.29) is 5.91 Å². The number of anilines is 1. The third-order valence-electron chi connectivity index (χ3n) is 4.81. The highest BCUT2D eigenvalue weighted by molar-refractivity contribution is 5.78. The molecule has 0 N–H and O–H groups in total. The zero-order chi connectivity index (χ0) is 17.5. The number of nitrogens with zero attached hydrogens (tertiary/aromatic N) is 3. The number of hydrogen-bond acceptors (Lipinski definition) is 3. The largest absolute Gasteiger partial charge is 0.368 e. The molecule has 0 spiro atoms. The van der Waals surface area contributed by atoms with Crippen LogP contribution in [0, 0.1) is 0 Å². The van der Waals surface area contributed by atoms with Gasteiger partial charge in [0.1, 0.15) is 0 Å². The van der Waals surface area contributed by atoms with Crippen LogP contribution >= 0.6 is 0 Å². The molecule has 0 aromatic heterocycles. The van der Waals surface area contributed by atoms with E-state index in [1.54, 1.807) is 0 Å². The van der Waals surface area contributed by atoms with Gasteiger partial charge >= 0.3 is 0 Å². The summed E-state index contributed by atoms with van der Waals surface area (Å²) in [6.07, 6.45) is 0. The summed E-state index contributed by atoms with van der Waals surface area (Å²) in [5, 5.41) is 0. The molecule has 0 aliphatic carbocycles. The highest BCUT2D eigenvalue weighted by atomic mass is 16.2. The van der Waals surface area contributed by atoms with Crippen molar-refractivity contribution in [3.8, 4) is 0 Å². The number of carbonyl (C=O) groups excluding carboxylic acids is 1. The fourth-order valence-corrected chi connectivity index (χ4v) is 3.27. The lowest BCUT2D eigenvalue weighted by atomic mass is 10.2. The summed E-state index contributed by atoms with van der Waals surface area (Å²) in [7, 11) is 0. The second-order valence-electron chi connectivity index (χ2n) is 6.49. The van der Waals surface area contributed by atoms with E-state index in [9.17, 15) is 4.79 Å². The number of amides is 1. The highest BCUT2D eigenvalue weighted by Gasteiger charge is 2.22. The molecule has 0 radical (unpaired) electrons. The molecule has 25 heavy (non-hydrogen) atoms. The molecule has 0 unspecified atom stereocenters. The summed E-state index contributed by atoms with van der Waals surface area (Å²) < 4.78 is 0. The molecule has 2 aromatic carbocycles. The van der Waals surface area contributed by atoms with E-state index >= 15 is 0 Å². The highest BCUT2D eigenvalue weighted by Crippen LogP contribution is 2.15. The van der Waals surface area contributed by atoms with Crippen LogP contribution in [0.4, 0.5) is 5.69 Å². The van der Waals surface area contributed by atoms with Crippen molar-refractivity contribution in [1.82, 2.24) is 9.80 Å². The molecule has 1 saturated heterocycles. The minimum Gasteiger partial charge on any atom is -0.368 e. The van der Waals surface area contributed by atoms with Crippen LogP contribution in [0.3, 0.4) is 0 Å². The normalized spacial score (nSPS) is 14.8. The van der Waals surface area contributed by atoms with E-state index in [1.165, 1.54) is 11.3 Å². The number of piperazine rings is 1. The van der Waals surface area contributed by atoms with Gasteiger partial charge in [-0.15, -0.1) is 0 Å². The quantitative estimate of drug-likeness (QED) is 0.811. The molecule has 0 saturated carbocycles. The fourth-order valence-electron chi connectivity index (χ4n) is 3.27. The lowest BCUT2D eigenvalue weighted by Gasteiger charge is -2.37. The van der Waals surface area contributed by atoms with Crippen LogP contribution in [0.5, 0.6) is 0 Å². The van der Waals surface area contributed by atoms with Crippen molar-refractivity contribution in [2.24, 2.45) is 0 Å². The average molecular weight is 337 g/mol. The van der Waals surface area contributed by atoms with Crippen LogP contribution in [0.2, 0.25) is 0 Å². The Balaban J connectivity index is 1.50. The Morgan fingerprint density at radius 1 is 0.920 bits per heavy atom. The van der Waals surface area contributed by atoms with Crippen molar-refractivity contribution >= 4 is 11.6 Å². The van der Waals surface area contributed by atoms with E-state index in [2.05, 4.69) is 53.1 Å². The van der Waals surface area contributed by atoms with Gasteiger partial charge in [0.25, 0.3) is 0 Å². The molecular formula is C21H27N3O. The number of para-hydroxylation sites is 1. The summed E-state index contributed by atoms with van der Waals surface area (Å²) in [6.45, 7) is 7.73. The lowest BCUT2D eigenvalue weighted by molar-refractivity contribution is -0.132. The zero-order valence-electron chi connectivity index (χ0n) is 15.0. The number of likely N-dealkylation sites (N-methyl/N-ethyl adjacent to an activating group) is 1. The summed E-state index contributed by atoms with van der Waals surface area (Å²) in [4.78, 5) is 19.2. The standard InChI is InChI=1S/C21H27N3O/c1-2-22(17-19-9-5-3-6-10-19)18-21(25)24-15-13-23(14-16-24)20-11-7-4-8-12-20/h3-12H,2,13-18H2,1H3. The van der Waals surface area contributed by atoms with E-state index in [4.69, 9.17) is 0 Å². The number of benzene rings is 2. The Bertz CT molecular complexity index is 651. The molecule has 1 fully saturated rings. The van der Waals surface area contributed by atoms with E-state index in [0.717, 1.165) is 39.3 Å². The van der Waals surface area contributed by atoms with Crippen LogP contribution in [0.15, 0.2) is 60.7 Å². The summed E-state index contributed by atoms with van der Waals surface area (Å²) in [5.41, 5.74) is 2.50. The maximum absolute atomic E-state index is 12.7. The van der Waals surface area contributed by atoms with E-state index in [0.29, 0.717) is 6.54 Å². The van der Waals surface area contributed by atoms with Crippen molar-refractivity contribution < 1.29 is 4.79 Å². The first-order chi connectivity index (χ1) is 12.3. The molecule has 2 aromatic rings. The number of carbonyl (C=O) groups is 1. The molecular weight excluding hydrogens is 310 g/mol. The Morgan fingerprint density at radius 2 is 1.52 bits per heavy atom. The minimum atomic E-state index is 0.241. The first-order valence-electron chi connectivity index (χ1n) is 9.10. The van der Waals surface area contributed by atoms with Crippen molar-refractivity contribution in [3.05, 3.63) is 66.2 Å². The van der Waals surface area contributed by atoms with Crippen molar-refractivity contribution in [3.63, 3.8) is 0 Å². The molecule has 4 nitrogen and oxygen atoms in total. The zero-order valence-corrected chi connectivity index (χ0v) is 15.0. The summed E-state index contributed by atoms with van der Waals surface area (Å²) >= 11 is 0. The van der Waals surface area contributed by atoms with Crippen LogP contribution < -0.4 is 4.90 Å². The van der Waals surface area contributed by atoms with Crippen LogP contribution in [0.25, 0.3) is 0 Å². The van der Waals surface area contributed by atoms with Gasteiger partial charge in [-0.25, -0.2) is 0 Å². The van der Waals surface area contributed by atoms with Gasteiger partial charge in [-0.2, -0.15) is 0 Å². The van der Waals surface area contributed by atoms with Gasteiger partial charge in [-0.1, -0.05) is 55.5 Å². The molecule has 3 rings (SSSR count). The summed E-state index contributed by atoms with van der Waals surface area (Å²) in [6, 6.07) is 20.8. The van der Waals surface area contributed by atoms with Crippen molar-refractivity contribution in [1.29, 1.82) is 0 Å². The van der Waals surface area contributed by atoms with Gasteiger partial charge in [0.2, 0.25) is 5.91 Å². The summed E-state index contributed by atoms with van der Waals surface area (Å²) in [5.74, 6) is 0.241. The lowest BCUT2D eigenvalue weighted by Crippen LogP contribution is -2.51. The third-order valence-corrected chi connectivity index (χ3v) is 4.81. The first-order valence-corrected chi connectivity index (χ1v) is 9.10. The monoisotopic (exact) mass is 337 g/mol. The molecule has 0 bridgehead atoms. The first kappa shape index (κ1) is 17.5. The van der Waals surface area contributed by atoms with Gasteiger partial charge in [0, 0.05) is 38.4 Å². The smallest absolute Gasteiger partial charge is 0.236 e. The molecule has 0 atom stereocenters. The van der Waals surface area contributed by atoms with E-state index < -0.39 is 0 Å². The second-order valence-corrected chi connectivity index (χ2v) is 6.49. The van der Waals surface area contributed by atoms with Gasteiger partial charge in [-0.3, -0.25) is 9.69 Å². The topological polar surface area (TPSA) is 26.8 Å². The van der Waals surface area contributed by atoms with Gasteiger partial charge in [0.15, 0.2) is 0 Å². The van der Waals surface area contributed by atoms with Crippen molar-refractivity contribution in [2.45, 2.75) is 13.5 Å². The van der Waals surface area contributed by atoms with Gasteiger partial charge in [0.05, 0.1) is 6.54 Å². The van der Waals surface area contributed by atoms with E-state index in [1.807, 2.05) is 29.2 Å². The Hall–Kier alpha value is -2.33. The Labute approximate surface area is 150 Å². The minimum absolute atomic E-state index is 0.241. The van der Waals surface area contributed by atoms with Gasteiger partial charge < -0.3 is 9.80 Å². The maximum Gasteiger partial charge on any atom is 0.236 e. The van der Waals surface area contributed by atoms with Crippen LogP contribution in [0.1, 0.15) is 12.5 Å². The molecule has 1 heterocycles. The van der Waals surface area contributed by atoms with Gasteiger partial charge in [-0.05, 0) is 24.2 Å². The molecule has 4 heteroatoms.